The topological polar surface area (TPSA) is 201 Å². The van der Waals surface area contributed by atoms with E-state index < -0.39 is 9.85 Å². The van der Waals surface area contributed by atoms with Crippen LogP contribution in [0.25, 0.3) is 0 Å². The molecule has 42 heavy (non-hydrogen) atoms. The molecule has 4 aromatic carbocycles. The third-order valence-electron chi connectivity index (χ3n) is 5.53. The lowest BCUT2D eigenvalue weighted by Gasteiger charge is -2.01. The largest absolute Gasteiger partial charge is 0.507 e. The van der Waals surface area contributed by atoms with Crippen LogP contribution in [0.4, 0.5) is 34.1 Å². The van der Waals surface area contributed by atoms with Crippen LogP contribution in [-0.2, 0) is 0 Å². The number of hydrogen-bond donors (Lipinski definition) is 2. The molecule has 0 saturated carbocycles. The van der Waals surface area contributed by atoms with E-state index in [0.29, 0.717) is 47.0 Å². The molecule has 0 fully saturated rings. The fourth-order valence-electron chi connectivity index (χ4n) is 3.36. The standard InChI is InChI=1S/C28H22N8O6/c37-27-15-23(33-31-21-5-9-25(10-6-21)35(39)40)3-1-19(27)17-29-13-14-30-18-20-2-4-24(16-28(20)38)34-32-22-7-11-26(12-8-22)36(41)42/h1-12,15-18,37-38H,13-14H2. The lowest BCUT2D eigenvalue weighted by atomic mass is 10.2. The lowest BCUT2D eigenvalue weighted by Crippen LogP contribution is -1.91. The summed E-state index contributed by atoms with van der Waals surface area (Å²) in [5, 5.41) is 58.0. The van der Waals surface area contributed by atoms with Gasteiger partial charge in [0.15, 0.2) is 0 Å². The van der Waals surface area contributed by atoms with Gasteiger partial charge >= 0.3 is 0 Å². The van der Waals surface area contributed by atoms with Crippen molar-refractivity contribution in [3.8, 4) is 11.5 Å². The highest BCUT2D eigenvalue weighted by molar-refractivity contribution is 5.85. The molecule has 2 N–H and O–H groups in total. The number of phenolic OH excluding ortho intramolecular Hbond substituents is 2. The van der Waals surface area contributed by atoms with Crippen LogP contribution in [0.2, 0.25) is 0 Å². The Balaban J connectivity index is 1.26. The minimum atomic E-state index is -0.500. The molecule has 0 aliphatic heterocycles. The minimum absolute atomic E-state index is 0.0434. The third-order valence-corrected chi connectivity index (χ3v) is 5.53. The molecular weight excluding hydrogens is 544 g/mol. The second kappa shape index (κ2) is 13.7. The van der Waals surface area contributed by atoms with Gasteiger partial charge < -0.3 is 10.2 Å². The number of benzene rings is 4. The van der Waals surface area contributed by atoms with Gasteiger partial charge in [-0.25, -0.2) is 0 Å². The van der Waals surface area contributed by atoms with Crippen molar-refractivity contribution in [1.82, 2.24) is 0 Å². The third kappa shape index (κ3) is 8.16. The fourth-order valence-corrected chi connectivity index (χ4v) is 3.36. The Hall–Kier alpha value is -6.18. The van der Waals surface area contributed by atoms with E-state index in [-0.39, 0.29) is 22.9 Å². The molecule has 210 valence electrons. The Morgan fingerprint density at radius 2 is 0.881 bits per heavy atom. The van der Waals surface area contributed by atoms with E-state index in [1.807, 2.05) is 0 Å². The number of nitro benzene ring substituents is 2. The summed E-state index contributed by atoms with van der Waals surface area (Å²) in [5.41, 5.74) is 2.51. The summed E-state index contributed by atoms with van der Waals surface area (Å²) in [6.45, 7) is 0.666. The Labute approximate surface area is 238 Å². The summed E-state index contributed by atoms with van der Waals surface area (Å²) >= 11 is 0. The van der Waals surface area contributed by atoms with E-state index in [1.165, 1.54) is 73.1 Å². The Morgan fingerprint density at radius 1 is 0.548 bits per heavy atom. The van der Waals surface area contributed by atoms with Crippen LogP contribution in [0, 0.1) is 20.2 Å². The van der Waals surface area contributed by atoms with Gasteiger partial charge in [-0.1, -0.05) is 0 Å². The summed E-state index contributed by atoms with van der Waals surface area (Å²) in [4.78, 5) is 28.9. The van der Waals surface area contributed by atoms with Gasteiger partial charge in [-0.2, -0.15) is 20.5 Å². The minimum Gasteiger partial charge on any atom is -0.507 e. The van der Waals surface area contributed by atoms with Crippen molar-refractivity contribution in [2.75, 3.05) is 13.1 Å². The number of non-ortho nitro benzene ring substituents is 2. The van der Waals surface area contributed by atoms with Gasteiger partial charge in [0.25, 0.3) is 11.4 Å². The molecule has 0 amide bonds. The van der Waals surface area contributed by atoms with Crippen LogP contribution in [0.15, 0.2) is 115 Å². The molecule has 0 spiro atoms. The van der Waals surface area contributed by atoms with E-state index in [2.05, 4.69) is 30.4 Å². The maximum atomic E-state index is 10.7. The van der Waals surface area contributed by atoms with Gasteiger partial charge in [-0.3, -0.25) is 30.2 Å². The van der Waals surface area contributed by atoms with E-state index in [1.54, 1.807) is 24.3 Å². The zero-order valence-electron chi connectivity index (χ0n) is 21.8. The second-order valence-electron chi connectivity index (χ2n) is 8.50. The molecule has 0 atom stereocenters. The van der Waals surface area contributed by atoms with Crippen molar-refractivity contribution in [1.29, 1.82) is 0 Å². The molecule has 4 aromatic rings. The summed E-state index contributed by atoms with van der Waals surface area (Å²) < 4.78 is 0. The number of nitro groups is 2. The maximum Gasteiger partial charge on any atom is 0.269 e. The molecule has 0 radical (unpaired) electrons. The van der Waals surface area contributed by atoms with Crippen LogP contribution in [0.1, 0.15) is 11.1 Å². The highest BCUT2D eigenvalue weighted by Gasteiger charge is 2.05. The summed E-state index contributed by atoms with van der Waals surface area (Å²) in [7, 11) is 0. The smallest absolute Gasteiger partial charge is 0.269 e. The Bertz CT molecular complexity index is 1570. The van der Waals surface area contributed by atoms with Crippen molar-refractivity contribution in [2.45, 2.75) is 0 Å². The van der Waals surface area contributed by atoms with E-state index >= 15 is 0 Å². The second-order valence-corrected chi connectivity index (χ2v) is 8.50. The summed E-state index contributed by atoms with van der Waals surface area (Å²) in [6, 6.07) is 20.6. The number of phenols is 2. The highest BCUT2D eigenvalue weighted by atomic mass is 16.6. The first kappa shape index (κ1) is 28.8. The van der Waals surface area contributed by atoms with Crippen LogP contribution < -0.4 is 0 Å². The number of rotatable bonds is 11. The quantitative estimate of drug-likeness (QED) is 0.0627. The van der Waals surface area contributed by atoms with Crippen LogP contribution >= 0.6 is 0 Å². The van der Waals surface area contributed by atoms with Gasteiger partial charge in [0, 0.05) is 60.0 Å². The van der Waals surface area contributed by atoms with Crippen LogP contribution in [0.5, 0.6) is 11.5 Å². The molecule has 0 aromatic heterocycles. The van der Waals surface area contributed by atoms with E-state index in [0.717, 1.165) is 0 Å². The Morgan fingerprint density at radius 3 is 1.21 bits per heavy atom. The molecule has 14 heteroatoms. The van der Waals surface area contributed by atoms with Crippen molar-refractivity contribution in [3.05, 3.63) is 116 Å². The number of nitrogens with zero attached hydrogens (tertiary/aromatic N) is 8. The first-order valence-electron chi connectivity index (χ1n) is 12.3. The molecule has 14 nitrogen and oxygen atoms in total. The number of aromatic hydroxyl groups is 2. The average Bonchev–Trinajstić information content (AvgIpc) is 2.98. The number of aliphatic imine (C=N–C) groups is 2. The van der Waals surface area contributed by atoms with Crippen LogP contribution in [-0.4, -0.2) is 45.6 Å². The molecule has 0 aliphatic rings. The summed E-state index contributed by atoms with van der Waals surface area (Å²) in [5.74, 6) is -0.0868. The van der Waals surface area contributed by atoms with Crippen molar-refractivity contribution < 1.29 is 20.1 Å². The van der Waals surface area contributed by atoms with Crippen molar-refractivity contribution in [2.24, 2.45) is 30.4 Å². The van der Waals surface area contributed by atoms with Gasteiger partial charge in [0.1, 0.15) is 11.5 Å². The van der Waals surface area contributed by atoms with E-state index in [9.17, 15) is 30.4 Å². The zero-order valence-corrected chi connectivity index (χ0v) is 21.8. The van der Waals surface area contributed by atoms with Gasteiger partial charge in [-0.05, 0) is 48.5 Å². The zero-order chi connectivity index (χ0) is 29.9. The fraction of sp³-hybridized carbons (Fsp3) is 0.0714. The van der Waals surface area contributed by atoms with Gasteiger partial charge in [-0.15, -0.1) is 0 Å². The average molecular weight is 567 g/mol. The normalized spacial score (nSPS) is 11.7. The van der Waals surface area contributed by atoms with Gasteiger partial charge in [0.05, 0.1) is 45.7 Å². The SMILES string of the molecule is O=[N+]([O-])c1ccc(N=Nc2ccc(C=NCCN=Cc3ccc(N=Nc4ccc([N+](=O)[O-])cc4)cc3O)c(O)c2)cc1. The van der Waals surface area contributed by atoms with Crippen LogP contribution in [0.3, 0.4) is 0 Å². The highest BCUT2D eigenvalue weighted by Crippen LogP contribution is 2.27. The molecule has 0 heterocycles. The lowest BCUT2D eigenvalue weighted by molar-refractivity contribution is -0.385. The first-order chi connectivity index (χ1) is 20.3. The number of hydrogen-bond acceptors (Lipinski definition) is 12. The predicted octanol–water partition coefficient (Wildman–Crippen LogP) is 7.28. The van der Waals surface area contributed by atoms with Crippen molar-refractivity contribution >= 4 is 46.6 Å². The Kier molecular flexibility index (Phi) is 9.43. The molecule has 4 rings (SSSR count). The van der Waals surface area contributed by atoms with Gasteiger partial charge in [0.2, 0.25) is 0 Å². The predicted molar refractivity (Wildman–Crippen MR) is 156 cm³/mol. The monoisotopic (exact) mass is 566 g/mol. The molecule has 0 aliphatic carbocycles. The van der Waals surface area contributed by atoms with E-state index in [4.69, 9.17) is 0 Å². The molecule has 0 bridgehead atoms. The molecule has 0 unspecified atom stereocenters. The molecular formula is C28H22N8O6. The van der Waals surface area contributed by atoms with Crippen molar-refractivity contribution in [3.63, 3.8) is 0 Å². The number of azo groups is 2. The summed E-state index contributed by atoms with van der Waals surface area (Å²) in [6.07, 6.45) is 3.01. The maximum absolute atomic E-state index is 10.7. The first-order valence-corrected chi connectivity index (χ1v) is 12.3. The molecule has 0 saturated heterocycles.